The van der Waals surface area contributed by atoms with Crippen molar-refractivity contribution in [3.63, 3.8) is 0 Å². The van der Waals surface area contributed by atoms with E-state index in [0.717, 1.165) is 0 Å². The molecule has 0 aromatic rings. The zero-order valence-electron chi connectivity index (χ0n) is 8.68. The summed E-state index contributed by atoms with van der Waals surface area (Å²) >= 11 is 0. The SMILES string of the molecule is COC1CCN(C[B-](F)(F)F)CC1.[K+]. The summed E-state index contributed by atoms with van der Waals surface area (Å²) in [6.07, 6.45) is 0.846. The number of rotatable bonds is 3. The van der Waals surface area contributed by atoms with Crippen molar-refractivity contribution in [3.8, 4) is 0 Å². The van der Waals surface area contributed by atoms with E-state index < -0.39 is 13.4 Å². The Morgan fingerprint density at radius 3 is 2.14 bits per heavy atom. The third-order valence-electron chi connectivity index (χ3n) is 2.33. The topological polar surface area (TPSA) is 12.5 Å². The summed E-state index contributed by atoms with van der Waals surface area (Å²) in [6.45, 7) is -3.66. The minimum absolute atomic E-state index is 0. The molecule has 1 rings (SSSR count). The Balaban J connectivity index is 0.00000169. The molecule has 1 heterocycles. The minimum atomic E-state index is -4.66. The number of piperidine rings is 1. The molecule has 1 aliphatic rings. The molecule has 0 saturated carbocycles. The molecule has 0 radical (unpaired) electrons. The maximum atomic E-state index is 12.0. The monoisotopic (exact) mass is 235 g/mol. The van der Waals surface area contributed by atoms with Crippen molar-refractivity contribution in [3.05, 3.63) is 0 Å². The van der Waals surface area contributed by atoms with Crippen LogP contribution in [0.5, 0.6) is 0 Å². The van der Waals surface area contributed by atoms with Gasteiger partial charge in [-0.1, -0.05) is 0 Å². The Morgan fingerprint density at radius 2 is 1.79 bits per heavy atom. The fraction of sp³-hybridized carbons (Fsp3) is 1.00. The maximum absolute atomic E-state index is 12.0. The molecule has 0 bridgehead atoms. The largest absolute Gasteiger partial charge is 1.00 e. The molecule has 2 nitrogen and oxygen atoms in total. The molecule has 0 aromatic heterocycles. The van der Waals surface area contributed by atoms with Crippen molar-refractivity contribution in [2.24, 2.45) is 0 Å². The number of hydrogen-bond acceptors (Lipinski definition) is 2. The van der Waals surface area contributed by atoms with Crippen LogP contribution < -0.4 is 51.4 Å². The molecule has 1 fully saturated rings. The zero-order chi connectivity index (χ0) is 9.90. The summed E-state index contributed by atoms with van der Waals surface area (Å²) in [7, 11) is 1.61. The first-order valence-corrected chi connectivity index (χ1v) is 4.47. The fourth-order valence-electron chi connectivity index (χ4n) is 1.62. The third kappa shape index (κ3) is 6.09. The van der Waals surface area contributed by atoms with Gasteiger partial charge in [-0.15, -0.1) is 0 Å². The number of hydrogen-bond donors (Lipinski definition) is 0. The minimum Gasteiger partial charge on any atom is -0.448 e. The van der Waals surface area contributed by atoms with Gasteiger partial charge in [-0.25, -0.2) is 0 Å². The number of halogens is 3. The Labute approximate surface area is 125 Å². The first-order chi connectivity index (χ1) is 6.01. The van der Waals surface area contributed by atoms with Gasteiger partial charge in [0.2, 0.25) is 0 Å². The summed E-state index contributed by atoms with van der Waals surface area (Å²) in [5, 5.41) is 0. The predicted molar refractivity (Wildman–Crippen MR) is 45.5 cm³/mol. The van der Waals surface area contributed by atoms with Gasteiger partial charge in [-0.3, -0.25) is 0 Å². The molecule has 0 N–H and O–H groups in total. The van der Waals surface area contributed by atoms with Crippen LogP contribution in [0.4, 0.5) is 12.9 Å². The summed E-state index contributed by atoms with van der Waals surface area (Å²) in [5.74, 6) is 0. The maximum Gasteiger partial charge on any atom is 1.00 e. The molecule has 0 aliphatic carbocycles. The van der Waals surface area contributed by atoms with Gasteiger partial charge in [-0.05, 0) is 32.4 Å². The van der Waals surface area contributed by atoms with Crippen LogP contribution in [-0.2, 0) is 4.74 Å². The Hall–Kier alpha value is 1.41. The molecule has 78 valence electrons. The molecule has 7 heteroatoms. The predicted octanol–water partition coefficient (Wildman–Crippen LogP) is -1.51. The first kappa shape index (κ1) is 15.4. The molecule has 1 saturated heterocycles. The van der Waals surface area contributed by atoms with Crippen LogP contribution in [0.2, 0.25) is 0 Å². The van der Waals surface area contributed by atoms with Crippen LogP contribution in [0.15, 0.2) is 0 Å². The standard InChI is InChI=1S/C7H14BF3NO.K/c1-13-7-2-4-12(5-3-7)6-8(9,10)11;/h7H,2-6H2,1H3;/q-1;+1. The van der Waals surface area contributed by atoms with E-state index in [0.29, 0.717) is 25.9 Å². The molecule has 0 aromatic carbocycles. The van der Waals surface area contributed by atoms with Gasteiger partial charge < -0.3 is 22.6 Å². The summed E-state index contributed by atoms with van der Waals surface area (Å²) in [5.41, 5.74) is 0. The molecule has 0 spiro atoms. The second kappa shape index (κ2) is 6.88. The van der Waals surface area contributed by atoms with Gasteiger partial charge >= 0.3 is 58.4 Å². The second-order valence-corrected chi connectivity index (χ2v) is 3.45. The normalized spacial score (nSPS) is 20.6. The van der Waals surface area contributed by atoms with E-state index in [1.165, 1.54) is 4.90 Å². The molecular weight excluding hydrogens is 221 g/mol. The van der Waals surface area contributed by atoms with Crippen molar-refractivity contribution in [2.45, 2.75) is 18.9 Å². The van der Waals surface area contributed by atoms with E-state index in [4.69, 9.17) is 4.74 Å². The van der Waals surface area contributed by atoms with Gasteiger partial charge in [0.1, 0.15) is 0 Å². The Bertz CT molecular complexity index is 162. The van der Waals surface area contributed by atoms with E-state index in [1.54, 1.807) is 7.11 Å². The Morgan fingerprint density at radius 1 is 1.29 bits per heavy atom. The average molecular weight is 235 g/mol. The van der Waals surface area contributed by atoms with Gasteiger partial charge in [0.05, 0.1) is 6.10 Å². The van der Waals surface area contributed by atoms with Gasteiger partial charge in [0.15, 0.2) is 0 Å². The van der Waals surface area contributed by atoms with Crippen molar-refractivity contribution in [2.75, 3.05) is 26.6 Å². The van der Waals surface area contributed by atoms with E-state index in [1.807, 2.05) is 0 Å². The summed E-state index contributed by atoms with van der Waals surface area (Å²) in [6, 6.07) is 0. The van der Waals surface area contributed by atoms with Crippen molar-refractivity contribution >= 4 is 6.98 Å². The summed E-state index contributed by atoms with van der Waals surface area (Å²) < 4.78 is 41.1. The molecule has 0 amide bonds. The van der Waals surface area contributed by atoms with Gasteiger partial charge in [0, 0.05) is 7.11 Å². The number of likely N-dealkylation sites (tertiary alicyclic amines) is 1. The van der Waals surface area contributed by atoms with Crippen LogP contribution in [-0.4, -0.2) is 44.6 Å². The molecule has 14 heavy (non-hydrogen) atoms. The smallest absolute Gasteiger partial charge is 0.448 e. The molecule has 0 atom stereocenters. The number of ether oxygens (including phenoxy) is 1. The first-order valence-electron chi connectivity index (χ1n) is 4.47. The quantitative estimate of drug-likeness (QED) is 0.551. The van der Waals surface area contributed by atoms with Crippen LogP contribution >= 0.6 is 0 Å². The average Bonchev–Trinajstić information content (AvgIpc) is 2.03. The fourth-order valence-corrected chi connectivity index (χ4v) is 1.62. The number of nitrogens with zero attached hydrogens (tertiary/aromatic N) is 1. The zero-order valence-corrected chi connectivity index (χ0v) is 11.8. The summed E-state index contributed by atoms with van der Waals surface area (Å²) in [4.78, 5) is 1.45. The molecule has 1 aliphatic heterocycles. The van der Waals surface area contributed by atoms with Gasteiger partial charge in [0.25, 0.3) is 0 Å². The van der Waals surface area contributed by atoms with Crippen LogP contribution in [0.25, 0.3) is 0 Å². The van der Waals surface area contributed by atoms with Gasteiger partial charge in [-0.2, -0.15) is 0 Å². The van der Waals surface area contributed by atoms with Crippen molar-refractivity contribution in [1.29, 1.82) is 0 Å². The van der Waals surface area contributed by atoms with Crippen LogP contribution in [0.1, 0.15) is 12.8 Å². The van der Waals surface area contributed by atoms with E-state index in [2.05, 4.69) is 0 Å². The van der Waals surface area contributed by atoms with E-state index >= 15 is 0 Å². The molecule has 0 unspecified atom stereocenters. The second-order valence-electron chi connectivity index (χ2n) is 3.45. The van der Waals surface area contributed by atoms with Crippen molar-refractivity contribution < 1.29 is 69.1 Å². The Kier molecular flexibility index (Phi) is 7.57. The van der Waals surface area contributed by atoms with E-state index in [-0.39, 0.29) is 57.5 Å². The van der Waals surface area contributed by atoms with E-state index in [9.17, 15) is 12.9 Å². The van der Waals surface area contributed by atoms with Crippen molar-refractivity contribution in [1.82, 2.24) is 4.90 Å². The number of methoxy groups -OCH3 is 1. The van der Waals surface area contributed by atoms with Crippen LogP contribution in [0.3, 0.4) is 0 Å². The molecular formula is C7H14BF3KNO. The van der Waals surface area contributed by atoms with Crippen LogP contribution in [0, 0.1) is 0 Å². The third-order valence-corrected chi connectivity index (χ3v) is 2.33.